The Morgan fingerprint density at radius 2 is 1.63 bits per heavy atom. The van der Waals surface area contributed by atoms with Crippen LogP contribution in [-0.4, -0.2) is 42.8 Å². The van der Waals surface area contributed by atoms with Crippen LogP contribution in [0, 0.1) is 22.0 Å². The fourth-order valence-electron chi connectivity index (χ4n) is 1.85. The van der Waals surface area contributed by atoms with Gasteiger partial charge in [0, 0.05) is 18.7 Å². The van der Waals surface area contributed by atoms with Crippen LogP contribution < -0.4 is 10.1 Å². The summed E-state index contributed by atoms with van der Waals surface area (Å²) in [6, 6.07) is 3.98. The zero-order chi connectivity index (χ0) is 20.4. The Hall–Kier alpha value is -2.68. The smallest absolute Gasteiger partial charge is 0.413 e. The van der Waals surface area contributed by atoms with E-state index in [1.165, 1.54) is 24.3 Å². The molecule has 0 fully saturated rings. The molecule has 0 spiro atoms. The molecule has 0 saturated heterocycles. The van der Waals surface area contributed by atoms with Gasteiger partial charge in [0.15, 0.2) is 6.04 Å². The molecule has 1 aromatic rings. The number of nitro benzene ring substituents is 1. The van der Waals surface area contributed by atoms with E-state index in [0.29, 0.717) is 6.61 Å². The highest BCUT2D eigenvalue weighted by Gasteiger charge is 2.24. The van der Waals surface area contributed by atoms with Crippen LogP contribution in [0.3, 0.4) is 0 Å². The molecule has 1 atom stereocenters. The molecule has 1 amide bonds. The van der Waals surface area contributed by atoms with Crippen LogP contribution in [0.15, 0.2) is 24.3 Å². The largest absolute Gasteiger partial charge is 0.464 e. The molecule has 0 bridgehead atoms. The van der Waals surface area contributed by atoms with Gasteiger partial charge in [-0.05, 0) is 24.0 Å². The van der Waals surface area contributed by atoms with Crippen LogP contribution in [0.4, 0.5) is 10.5 Å². The second-order valence-electron chi connectivity index (χ2n) is 6.79. The monoisotopic (exact) mass is 382 g/mol. The number of carbonyl (C=O) groups is 2. The zero-order valence-electron chi connectivity index (χ0n) is 16.0. The summed E-state index contributed by atoms with van der Waals surface area (Å²) in [5, 5.41) is 13.0. The third-order valence-corrected chi connectivity index (χ3v) is 3.13. The van der Waals surface area contributed by atoms with Gasteiger partial charge in [-0.2, -0.15) is 0 Å². The predicted molar refractivity (Wildman–Crippen MR) is 97.5 cm³/mol. The zero-order valence-corrected chi connectivity index (χ0v) is 16.0. The molecule has 0 aromatic heterocycles. The highest BCUT2D eigenvalue weighted by Crippen LogP contribution is 2.17. The molecule has 0 aliphatic rings. The standard InChI is InChI=1S/C18H26N2O7/c1-12(2)9-25-11-16(17(21)26-10-13(3)4)19-18(22)27-15-7-5-14(6-8-15)20(23)24/h5-8,12-13,16H,9-11H2,1-4H3,(H,19,22)/t16-/m0/s1. The number of nitrogens with one attached hydrogen (secondary N) is 1. The quantitative estimate of drug-likeness (QED) is 0.375. The molecule has 0 heterocycles. The Morgan fingerprint density at radius 1 is 1.04 bits per heavy atom. The van der Waals surface area contributed by atoms with Crippen LogP contribution in [0.1, 0.15) is 27.7 Å². The van der Waals surface area contributed by atoms with Gasteiger partial charge in [-0.15, -0.1) is 0 Å². The first kappa shape index (κ1) is 22.4. The fraction of sp³-hybridized carbons (Fsp3) is 0.556. The number of rotatable bonds is 10. The minimum Gasteiger partial charge on any atom is -0.464 e. The van der Waals surface area contributed by atoms with E-state index in [1.807, 2.05) is 27.7 Å². The number of hydrogen-bond acceptors (Lipinski definition) is 7. The SMILES string of the molecule is CC(C)COC[C@H](NC(=O)Oc1ccc([N+](=O)[O-])cc1)C(=O)OCC(C)C. The molecule has 0 radical (unpaired) electrons. The fourth-order valence-corrected chi connectivity index (χ4v) is 1.85. The highest BCUT2D eigenvalue weighted by atomic mass is 16.6. The third kappa shape index (κ3) is 9.00. The first-order valence-corrected chi connectivity index (χ1v) is 8.66. The molecule has 150 valence electrons. The van der Waals surface area contributed by atoms with Crippen LogP contribution in [-0.2, 0) is 14.3 Å². The first-order valence-electron chi connectivity index (χ1n) is 8.66. The summed E-state index contributed by atoms with van der Waals surface area (Å²) in [7, 11) is 0. The lowest BCUT2D eigenvalue weighted by molar-refractivity contribution is -0.384. The normalized spacial score (nSPS) is 11.9. The number of benzene rings is 1. The number of amides is 1. The van der Waals surface area contributed by atoms with Crippen molar-refractivity contribution in [3.05, 3.63) is 34.4 Å². The van der Waals surface area contributed by atoms with E-state index < -0.39 is 23.0 Å². The summed E-state index contributed by atoms with van der Waals surface area (Å²) in [6.45, 7) is 8.31. The van der Waals surface area contributed by atoms with Gasteiger partial charge in [-0.25, -0.2) is 9.59 Å². The number of nitrogens with zero attached hydrogens (tertiary/aromatic N) is 1. The van der Waals surface area contributed by atoms with Gasteiger partial charge in [0.25, 0.3) is 5.69 Å². The molecule has 0 aliphatic carbocycles. The lowest BCUT2D eigenvalue weighted by Gasteiger charge is -2.19. The van der Waals surface area contributed by atoms with Gasteiger partial charge in [0.05, 0.1) is 18.1 Å². The van der Waals surface area contributed by atoms with Crippen molar-refractivity contribution in [2.24, 2.45) is 11.8 Å². The van der Waals surface area contributed by atoms with Crippen molar-refractivity contribution in [1.29, 1.82) is 0 Å². The van der Waals surface area contributed by atoms with Crippen molar-refractivity contribution in [3.8, 4) is 5.75 Å². The van der Waals surface area contributed by atoms with Crippen LogP contribution in [0.25, 0.3) is 0 Å². The Morgan fingerprint density at radius 3 is 2.15 bits per heavy atom. The molecule has 27 heavy (non-hydrogen) atoms. The van der Waals surface area contributed by atoms with E-state index >= 15 is 0 Å². The van der Waals surface area contributed by atoms with E-state index in [2.05, 4.69) is 5.32 Å². The number of esters is 1. The molecule has 0 aliphatic heterocycles. The molecule has 9 nitrogen and oxygen atoms in total. The average Bonchev–Trinajstić information content (AvgIpc) is 2.58. The van der Waals surface area contributed by atoms with Crippen molar-refractivity contribution in [2.75, 3.05) is 19.8 Å². The molecule has 1 aromatic carbocycles. The lowest BCUT2D eigenvalue weighted by atomic mass is 10.2. The topological polar surface area (TPSA) is 117 Å². The Labute approximate surface area is 158 Å². The second-order valence-corrected chi connectivity index (χ2v) is 6.79. The number of nitro groups is 1. The maximum Gasteiger partial charge on any atom is 0.413 e. The molecule has 1 rings (SSSR count). The Balaban J connectivity index is 2.66. The molecular weight excluding hydrogens is 356 g/mol. The van der Waals surface area contributed by atoms with Gasteiger partial charge in [-0.1, -0.05) is 27.7 Å². The van der Waals surface area contributed by atoms with E-state index in [9.17, 15) is 19.7 Å². The van der Waals surface area contributed by atoms with Crippen LogP contribution >= 0.6 is 0 Å². The van der Waals surface area contributed by atoms with Gasteiger partial charge < -0.3 is 19.5 Å². The molecular formula is C18H26N2O7. The second kappa shape index (κ2) is 11.1. The molecule has 0 unspecified atom stereocenters. The molecule has 0 saturated carbocycles. The highest BCUT2D eigenvalue weighted by molar-refractivity contribution is 5.82. The Bertz CT molecular complexity index is 629. The van der Waals surface area contributed by atoms with Gasteiger partial charge >= 0.3 is 12.1 Å². The summed E-state index contributed by atoms with van der Waals surface area (Å²) >= 11 is 0. The maximum absolute atomic E-state index is 12.2. The summed E-state index contributed by atoms with van der Waals surface area (Å²) in [5.41, 5.74) is -0.125. The molecule has 9 heteroatoms. The summed E-state index contributed by atoms with van der Waals surface area (Å²) in [4.78, 5) is 34.3. The van der Waals surface area contributed by atoms with Crippen LogP contribution in [0.2, 0.25) is 0 Å². The van der Waals surface area contributed by atoms with E-state index in [0.717, 1.165) is 0 Å². The number of ether oxygens (including phenoxy) is 3. The van der Waals surface area contributed by atoms with E-state index in [4.69, 9.17) is 14.2 Å². The molecule has 1 N–H and O–H groups in total. The minimum absolute atomic E-state index is 0.0511. The van der Waals surface area contributed by atoms with Crippen molar-refractivity contribution in [1.82, 2.24) is 5.32 Å². The summed E-state index contributed by atoms with van der Waals surface area (Å²) < 4.78 is 15.6. The average molecular weight is 382 g/mol. The minimum atomic E-state index is -1.02. The van der Waals surface area contributed by atoms with Crippen molar-refractivity contribution in [3.63, 3.8) is 0 Å². The van der Waals surface area contributed by atoms with Gasteiger partial charge in [0.1, 0.15) is 5.75 Å². The summed E-state index contributed by atoms with van der Waals surface area (Å²) in [6.07, 6.45) is -0.886. The van der Waals surface area contributed by atoms with Gasteiger partial charge in [0.2, 0.25) is 0 Å². The first-order chi connectivity index (χ1) is 12.7. The van der Waals surface area contributed by atoms with Crippen molar-refractivity contribution < 1.29 is 28.7 Å². The number of carbonyl (C=O) groups excluding carboxylic acids is 2. The third-order valence-electron chi connectivity index (χ3n) is 3.13. The summed E-state index contributed by atoms with van der Waals surface area (Å²) in [5.74, 6) is -0.0914. The maximum atomic E-state index is 12.2. The van der Waals surface area contributed by atoms with Gasteiger partial charge in [-0.3, -0.25) is 10.1 Å². The number of hydrogen-bond donors (Lipinski definition) is 1. The van der Waals surface area contributed by atoms with Crippen LogP contribution in [0.5, 0.6) is 5.75 Å². The van der Waals surface area contributed by atoms with Crippen molar-refractivity contribution >= 4 is 17.7 Å². The lowest BCUT2D eigenvalue weighted by Crippen LogP contribution is -2.46. The predicted octanol–water partition coefficient (Wildman–Crippen LogP) is 2.92. The van der Waals surface area contributed by atoms with E-state index in [-0.39, 0.29) is 36.5 Å². The van der Waals surface area contributed by atoms with Crippen molar-refractivity contribution in [2.45, 2.75) is 33.7 Å². The van der Waals surface area contributed by atoms with E-state index in [1.54, 1.807) is 0 Å². The number of non-ortho nitro benzene ring substituents is 1. The Kier molecular flexibility index (Phi) is 9.21.